The van der Waals surface area contributed by atoms with Crippen LogP contribution >= 0.6 is 0 Å². The Bertz CT molecular complexity index is 798. The normalized spacial score (nSPS) is 14.7. The van der Waals surface area contributed by atoms with Crippen molar-refractivity contribution in [2.24, 2.45) is 0 Å². The van der Waals surface area contributed by atoms with Crippen LogP contribution in [0.5, 0.6) is 5.75 Å². The molecule has 1 amide bonds. The highest BCUT2D eigenvalue weighted by molar-refractivity contribution is 5.98. The Morgan fingerprint density at radius 3 is 2.77 bits per heavy atom. The topological polar surface area (TPSA) is 67.6 Å². The number of ether oxygens (including phenoxy) is 1. The number of fused-ring (bicyclic) bond motifs is 1. The van der Waals surface area contributed by atoms with E-state index in [1.54, 1.807) is 19.1 Å². The molecule has 0 fully saturated rings. The van der Waals surface area contributed by atoms with Gasteiger partial charge in [0.25, 0.3) is 0 Å². The lowest BCUT2D eigenvalue weighted by Crippen LogP contribution is -2.44. The molecule has 0 bridgehead atoms. The van der Waals surface area contributed by atoms with Gasteiger partial charge in [-0.1, -0.05) is 18.2 Å². The van der Waals surface area contributed by atoms with Crippen molar-refractivity contribution in [2.45, 2.75) is 32.4 Å². The van der Waals surface area contributed by atoms with Crippen LogP contribution in [0.15, 0.2) is 42.5 Å². The van der Waals surface area contributed by atoms with Crippen LogP contribution in [-0.4, -0.2) is 25.1 Å². The number of nitrogens with two attached hydrogens (primary N) is 1. The van der Waals surface area contributed by atoms with E-state index < -0.39 is 12.7 Å². The van der Waals surface area contributed by atoms with E-state index in [0.717, 1.165) is 36.3 Å². The highest BCUT2D eigenvalue weighted by Crippen LogP contribution is 2.33. The standard InChI is InChI=1S/C19H21F2N3O2/c1-12(24-11-5-6-13-14(22)7-4-9-16(13)24)18(25)23-15-8-2-3-10-17(15)26-19(20)21/h2-4,7-10,12,19H,5-6,11,22H2,1H3,(H,23,25). The molecule has 138 valence electrons. The van der Waals surface area contributed by atoms with E-state index in [1.807, 2.05) is 23.1 Å². The lowest BCUT2D eigenvalue weighted by Gasteiger charge is -2.36. The molecule has 5 nitrogen and oxygen atoms in total. The van der Waals surface area contributed by atoms with E-state index >= 15 is 0 Å². The molecule has 0 radical (unpaired) electrons. The average molecular weight is 361 g/mol. The molecule has 1 unspecified atom stereocenters. The van der Waals surface area contributed by atoms with Crippen LogP contribution in [0.3, 0.4) is 0 Å². The zero-order valence-corrected chi connectivity index (χ0v) is 14.4. The largest absolute Gasteiger partial charge is 0.433 e. The Morgan fingerprint density at radius 1 is 1.23 bits per heavy atom. The van der Waals surface area contributed by atoms with Crippen molar-refractivity contribution in [3.63, 3.8) is 0 Å². The molecule has 3 N–H and O–H groups in total. The predicted octanol–water partition coefficient (Wildman–Crippen LogP) is 3.65. The summed E-state index contributed by atoms with van der Waals surface area (Å²) in [5, 5.41) is 2.69. The average Bonchev–Trinajstić information content (AvgIpc) is 2.62. The lowest BCUT2D eigenvalue weighted by atomic mass is 9.98. The minimum absolute atomic E-state index is 0.0636. The molecule has 0 spiro atoms. The number of amides is 1. The molecular formula is C19H21F2N3O2. The SMILES string of the molecule is CC(C(=O)Nc1ccccc1OC(F)F)N1CCCc2c(N)cccc21. The number of benzene rings is 2. The van der Waals surface area contributed by atoms with Gasteiger partial charge in [-0.15, -0.1) is 0 Å². The maximum atomic E-state index is 12.7. The fourth-order valence-corrected chi connectivity index (χ4v) is 3.23. The summed E-state index contributed by atoms with van der Waals surface area (Å²) in [6.45, 7) is -0.452. The number of hydrogen-bond donors (Lipinski definition) is 2. The minimum Gasteiger partial charge on any atom is -0.433 e. The number of alkyl halides is 2. The fraction of sp³-hybridized carbons (Fsp3) is 0.316. The molecule has 1 aliphatic rings. The molecule has 0 aliphatic carbocycles. The van der Waals surface area contributed by atoms with Crippen LogP contribution in [0, 0.1) is 0 Å². The number of nitrogens with one attached hydrogen (secondary N) is 1. The van der Waals surface area contributed by atoms with Crippen LogP contribution in [-0.2, 0) is 11.2 Å². The zero-order valence-electron chi connectivity index (χ0n) is 14.4. The van der Waals surface area contributed by atoms with Gasteiger partial charge >= 0.3 is 6.61 Å². The van der Waals surface area contributed by atoms with Crippen LogP contribution in [0.4, 0.5) is 25.8 Å². The number of nitrogens with zero attached hydrogens (tertiary/aromatic N) is 1. The van der Waals surface area contributed by atoms with Gasteiger partial charge in [0, 0.05) is 17.9 Å². The number of anilines is 3. The lowest BCUT2D eigenvalue weighted by molar-refractivity contribution is -0.117. The summed E-state index contributed by atoms with van der Waals surface area (Å²) in [4.78, 5) is 14.7. The van der Waals surface area contributed by atoms with Crippen molar-refractivity contribution in [1.82, 2.24) is 0 Å². The van der Waals surface area contributed by atoms with Crippen LogP contribution in [0.25, 0.3) is 0 Å². The second-order valence-electron chi connectivity index (χ2n) is 6.18. The molecule has 2 aromatic carbocycles. The predicted molar refractivity (Wildman–Crippen MR) is 97.7 cm³/mol. The summed E-state index contributed by atoms with van der Waals surface area (Å²) in [6.07, 6.45) is 1.77. The van der Waals surface area contributed by atoms with Crippen molar-refractivity contribution in [2.75, 3.05) is 22.5 Å². The van der Waals surface area contributed by atoms with Gasteiger partial charge in [-0.2, -0.15) is 8.78 Å². The van der Waals surface area contributed by atoms with Gasteiger partial charge in [0.05, 0.1) is 5.69 Å². The number of rotatable bonds is 5. The Hall–Kier alpha value is -2.83. The Labute approximate surface area is 150 Å². The minimum atomic E-state index is -2.96. The number of halogens is 2. The maximum Gasteiger partial charge on any atom is 0.387 e. The molecule has 1 atom stereocenters. The molecule has 7 heteroatoms. The number of nitrogen functional groups attached to an aromatic ring is 1. The van der Waals surface area contributed by atoms with E-state index in [1.165, 1.54) is 12.1 Å². The summed E-state index contributed by atoms with van der Waals surface area (Å²) in [5.74, 6) is -0.364. The van der Waals surface area contributed by atoms with Crippen LogP contribution in [0.2, 0.25) is 0 Å². The van der Waals surface area contributed by atoms with Gasteiger partial charge in [0.2, 0.25) is 5.91 Å². The highest BCUT2D eigenvalue weighted by Gasteiger charge is 2.27. The second-order valence-corrected chi connectivity index (χ2v) is 6.18. The number of hydrogen-bond acceptors (Lipinski definition) is 4. The molecule has 0 aromatic heterocycles. The third kappa shape index (κ3) is 3.71. The third-order valence-corrected chi connectivity index (χ3v) is 4.53. The van der Waals surface area contributed by atoms with Crippen molar-refractivity contribution in [3.05, 3.63) is 48.0 Å². The molecule has 0 saturated heterocycles. The summed E-state index contributed by atoms with van der Waals surface area (Å²) in [5.41, 5.74) is 8.97. The Balaban J connectivity index is 1.79. The summed E-state index contributed by atoms with van der Waals surface area (Å²) in [6, 6.07) is 11.3. The number of para-hydroxylation sites is 2. The monoisotopic (exact) mass is 361 g/mol. The van der Waals surface area contributed by atoms with Crippen LogP contribution < -0.4 is 20.7 Å². The molecule has 2 aromatic rings. The van der Waals surface area contributed by atoms with E-state index in [9.17, 15) is 13.6 Å². The maximum absolute atomic E-state index is 12.7. The van der Waals surface area contributed by atoms with Gasteiger partial charge < -0.3 is 20.7 Å². The summed E-state index contributed by atoms with van der Waals surface area (Å²) in [7, 11) is 0. The van der Waals surface area contributed by atoms with Crippen molar-refractivity contribution in [3.8, 4) is 5.75 Å². The first-order valence-electron chi connectivity index (χ1n) is 8.46. The highest BCUT2D eigenvalue weighted by atomic mass is 19.3. The number of carbonyl (C=O) groups excluding carboxylic acids is 1. The molecule has 1 aliphatic heterocycles. The Kier molecular flexibility index (Phi) is 5.25. The quantitative estimate of drug-likeness (QED) is 0.798. The van der Waals surface area contributed by atoms with Gasteiger partial charge in [-0.3, -0.25) is 4.79 Å². The molecule has 0 saturated carbocycles. The second kappa shape index (κ2) is 7.59. The molecule has 26 heavy (non-hydrogen) atoms. The molecule has 3 rings (SSSR count). The van der Waals surface area contributed by atoms with E-state index in [2.05, 4.69) is 10.1 Å². The van der Waals surface area contributed by atoms with Gasteiger partial charge in [0.15, 0.2) is 0 Å². The van der Waals surface area contributed by atoms with Gasteiger partial charge in [-0.25, -0.2) is 0 Å². The Morgan fingerprint density at radius 2 is 2.00 bits per heavy atom. The van der Waals surface area contributed by atoms with E-state index in [0.29, 0.717) is 0 Å². The first-order chi connectivity index (χ1) is 12.5. The molecule has 1 heterocycles. The van der Waals surface area contributed by atoms with Crippen LogP contribution in [0.1, 0.15) is 18.9 Å². The molecular weight excluding hydrogens is 340 g/mol. The fourth-order valence-electron chi connectivity index (χ4n) is 3.23. The number of carbonyl (C=O) groups is 1. The first kappa shape index (κ1) is 18.0. The van der Waals surface area contributed by atoms with E-state index in [-0.39, 0.29) is 17.3 Å². The van der Waals surface area contributed by atoms with Crippen molar-refractivity contribution < 1.29 is 18.3 Å². The third-order valence-electron chi connectivity index (χ3n) is 4.53. The van der Waals surface area contributed by atoms with Gasteiger partial charge in [-0.05, 0) is 49.6 Å². The smallest absolute Gasteiger partial charge is 0.387 e. The zero-order chi connectivity index (χ0) is 18.7. The van der Waals surface area contributed by atoms with Crippen molar-refractivity contribution >= 4 is 23.0 Å². The summed E-state index contributed by atoms with van der Waals surface area (Å²) >= 11 is 0. The van der Waals surface area contributed by atoms with Gasteiger partial charge in [0.1, 0.15) is 11.8 Å². The van der Waals surface area contributed by atoms with Crippen molar-refractivity contribution in [1.29, 1.82) is 0 Å². The van der Waals surface area contributed by atoms with E-state index in [4.69, 9.17) is 5.73 Å². The summed E-state index contributed by atoms with van der Waals surface area (Å²) < 4.78 is 29.5. The first-order valence-corrected chi connectivity index (χ1v) is 8.46.